The Kier molecular flexibility index (Phi) is 4.54. The van der Waals surface area contributed by atoms with Crippen LogP contribution < -0.4 is 10.9 Å². The Bertz CT molecular complexity index is 1020. The highest BCUT2D eigenvalue weighted by atomic mass is 35.5. The molecule has 1 amide bonds. The maximum absolute atomic E-state index is 12.7. The molecule has 0 radical (unpaired) electrons. The summed E-state index contributed by atoms with van der Waals surface area (Å²) in [5, 5.41) is 3.63. The predicted molar refractivity (Wildman–Crippen MR) is 105 cm³/mol. The van der Waals surface area contributed by atoms with E-state index in [4.69, 9.17) is 11.6 Å². The Morgan fingerprint density at radius 3 is 2.81 bits per heavy atom. The number of rotatable bonds is 5. The second-order valence-corrected chi connectivity index (χ2v) is 8.19. The molecule has 1 aromatic carbocycles. The molecule has 0 bridgehead atoms. The number of carbonyl (C=O) groups excluding carboxylic acids is 1. The number of hydrogen-bond acceptors (Lipinski definition) is 4. The van der Waals surface area contributed by atoms with Crippen molar-refractivity contribution in [2.75, 3.05) is 0 Å². The number of fused-ring (bicyclic) bond motifs is 1. The van der Waals surface area contributed by atoms with Crippen LogP contribution in [-0.2, 0) is 11.3 Å². The smallest absolute Gasteiger partial charge is 0.271 e. The first-order chi connectivity index (χ1) is 12.5. The highest BCUT2D eigenvalue weighted by Crippen LogP contribution is 2.32. The minimum absolute atomic E-state index is 0.00693. The summed E-state index contributed by atoms with van der Waals surface area (Å²) < 4.78 is 1.93. The Morgan fingerprint density at radius 2 is 2.12 bits per heavy atom. The zero-order valence-electron chi connectivity index (χ0n) is 14.2. The van der Waals surface area contributed by atoms with Crippen LogP contribution in [-0.4, -0.2) is 21.5 Å². The number of amides is 1. The van der Waals surface area contributed by atoms with E-state index in [1.807, 2.05) is 37.3 Å². The van der Waals surface area contributed by atoms with Crippen LogP contribution in [0.1, 0.15) is 19.8 Å². The van der Waals surface area contributed by atoms with Crippen molar-refractivity contribution in [1.82, 2.24) is 14.9 Å². The van der Waals surface area contributed by atoms with Crippen molar-refractivity contribution < 1.29 is 4.79 Å². The van der Waals surface area contributed by atoms with Gasteiger partial charge in [0.1, 0.15) is 11.2 Å². The number of carbonyl (C=O) groups is 1. The second-order valence-electron chi connectivity index (χ2n) is 6.70. The van der Waals surface area contributed by atoms with Gasteiger partial charge >= 0.3 is 0 Å². The standard InChI is InChI=1S/C19H18ClN3O2S/c1-11(12-2-3-12)22-17(24)9-23-10-21-15-8-16(26-18(15)19(23)25)13-4-6-14(20)7-5-13/h4-8,10-12H,2-3,9H2,1H3,(H,22,24)/t11-/m1/s1. The Morgan fingerprint density at radius 1 is 1.38 bits per heavy atom. The van der Waals surface area contributed by atoms with Crippen LogP contribution in [0.3, 0.4) is 0 Å². The molecule has 1 aliphatic carbocycles. The Balaban J connectivity index is 1.59. The number of benzene rings is 1. The highest BCUT2D eigenvalue weighted by Gasteiger charge is 2.28. The van der Waals surface area contributed by atoms with Crippen LogP contribution in [0.4, 0.5) is 0 Å². The maximum Gasteiger partial charge on any atom is 0.271 e. The third-order valence-electron chi connectivity index (χ3n) is 4.66. The summed E-state index contributed by atoms with van der Waals surface area (Å²) in [6, 6.07) is 9.52. The molecule has 1 N–H and O–H groups in total. The first-order valence-electron chi connectivity index (χ1n) is 8.55. The molecule has 1 fully saturated rings. The van der Waals surface area contributed by atoms with E-state index in [1.54, 1.807) is 0 Å². The van der Waals surface area contributed by atoms with Gasteiger partial charge in [0.2, 0.25) is 5.91 Å². The lowest BCUT2D eigenvalue weighted by atomic mass is 10.2. The van der Waals surface area contributed by atoms with Crippen molar-refractivity contribution in [3.8, 4) is 10.4 Å². The fourth-order valence-corrected chi connectivity index (χ4v) is 4.17. The van der Waals surface area contributed by atoms with E-state index in [2.05, 4.69) is 10.3 Å². The van der Waals surface area contributed by atoms with E-state index >= 15 is 0 Å². The highest BCUT2D eigenvalue weighted by molar-refractivity contribution is 7.22. The minimum Gasteiger partial charge on any atom is -0.352 e. The van der Waals surface area contributed by atoms with Crippen LogP contribution in [0.2, 0.25) is 5.02 Å². The predicted octanol–water partition coefficient (Wildman–Crippen LogP) is 3.69. The Hall–Kier alpha value is -2.18. The summed E-state index contributed by atoms with van der Waals surface area (Å²) in [5.41, 5.74) is 1.45. The number of halogens is 1. The molecule has 2 aromatic heterocycles. The topological polar surface area (TPSA) is 64.0 Å². The third-order valence-corrected chi connectivity index (χ3v) is 6.08. The summed E-state index contributed by atoms with van der Waals surface area (Å²) in [6.07, 6.45) is 3.78. The van der Waals surface area contributed by atoms with E-state index in [9.17, 15) is 9.59 Å². The molecular formula is C19H18ClN3O2S. The fourth-order valence-electron chi connectivity index (χ4n) is 2.98. The van der Waals surface area contributed by atoms with Crippen molar-refractivity contribution in [3.63, 3.8) is 0 Å². The molecule has 26 heavy (non-hydrogen) atoms. The molecular weight excluding hydrogens is 370 g/mol. The van der Waals surface area contributed by atoms with Gasteiger partial charge in [0.25, 0.3) is 5.56 Å². The normalized spacial score (nSPS) is 15.2. The molecule has 3 aromatic rings. The molecule has 0 saturated heterocycles. The SMILES string of the molecule is C[C@@H](NC(=O)Cn1cnc2cc(-c3ccc(Cl)cc3)sc2c1=O)C1CC1. The number of aromatic nitrogens is 2. The number of hydrogen-bond donors (Lipinski definition) is 1. The van der Waals surface area contributed by atoms with E-state index in [1.165, 1.54) is 22.2 Å². The van der Waals surface area contributed by atoms with Crippen molar-refractivity contribution in [1.29, 1.82) is 0 Å². The van der Waals surface area contributed by atoms with Gasteiger partial charge in [0.05, 0.1) is 11.8 Å². The van der Waals surface area contributed by atoms with Gasteiger partial charge in [-0.1, -0.05) is 23.7 Å². The zero-order chi connectivity index (χ0) is 18.3. The van der Waals surface area contributed by atoms with Crippen molar-refractivity contribution in [3.05, 3.63) is 52.0 Å². The molecule has 1 saturated carbocycles. The molecule has 7 heteroatoms. The molecule has 5 nitrogen and oxygen atoms in total. The summed E-state index contributed by atoms with van der Waals surface area (Å²) in [7, 11) is 0. The van der Waals surface area contributed by atoms with Crippen LogP contribution >= 0.6 is 22.9 Å². The molecule has 0 aliphatic heterocycles. The first-order valence-corrected chi connectivity index (χ1v) is 9.75. The van der Waals surface area contributed by atoms with Gasteiger partial charge in [-0.2, -0.15) is 0 Å². The maximum atomic E-state index is 12.7. The van der Waals surface area contributed by atoms with Crippen molar-refractivity contribution in [2.24, 2.45) is 5.92 Å². The average Bonchev–Trinajstić information content (AvgIpc) is 3.38. The van der Waals surface area contributed by atoms with Gasteiger partial charge in [0.15, 0.2) is 0 Å². The van der Waals surface area contributed by atoms with Gasteiger partial charge in [0, 0.05) is 15.9 Å². The lowest BCUT2D eigenvalue weighted by Crippen LogP contribution is -2.38. The monoisotopic (exact) mass is 387 g/mol. The molecule has 4 rings (SSSR count). The fraction of sp³-hybridized carbons (Fsp3) is 0.316. The lowest BCUT2D eigenvalue weighted by molar-refractivity contribution is -0.122. The van der Waals surface area contributed by atoms with Gasteiger partial charge < -0.3 is 5.32 Å². The molecule has 1 atom stereocenters. The van der Waals surface area contributed by atoms with Crippen LogP contribution in [0.5, 0.6) is 0 Å². The van der Waals surface area contributed by atoms with Gasteiger partial charge in [-0.25, -0.2) is 4.98 Å². The van der Waals surface area contributed by atoms with Crippen LogP contribution in [0.25, 0.3) is 20.7 Å². The number of nitrogens with one attached hydrogen (secondary N) is 1. The van der Waals surface area contributed by atoms with E-state index in [-0.39, 0.29) is 24.1 Å². The second kappa shape index (κ2) is 6.85. The molecule has 0 spiro atoms. The van der Waals surface area contributed by atoms with Gasteiger partial charge in [-0.05, 0) is 49.4 Å². The number of thiophene rings is 1. The van der Waals surface area contributed by atoms with E-state index in [0.29, 0.717) is 21.2 Å². The zero-order valence-corrected chi connectivity index (χ0v) is 15.8. The average molecular weight is 388 g/mol. The van der Waals surface area contributed by atoms with Gasteiger partial charge in [-0.15, -0.1) is 11.3 Å². The van der Waals surface area contributed by atoms with Crippen molar-refractivity contribution in [2.45, 2.75) is 32.4 Å². The first kappa shape index (κ1) is 17.2. The summed E-state index contributed by atoms with van der Waals surface area (Å²) >= 11 is 7.31. The quantitative estimate of drug-likeness (QED) is 0.726. The van der Waals surface area contributed by atoms with Crippen molar-refractivity contribution >= 4 is 39.1 Å². The molecule has 1 aliphatic rings. The lowest BCUT2D eigenvalue weighted by Gasteiger charge is -2.13. The largest absolute Gasteiger partial charge is 0.352 e. The third kappa shape index (κ3) is 3.52. The van der Waals surface area contributed by atoms with E-state index < -0.39 is 0 Å². The van der Waals surface area contributed by atoms with E-state index in [0.717, 1.165) is 23.3 Å². The molecule has 2 heterocycles. The molecule has 134 valence electrons. The summed E-state index contributed by atoms with van der Waals surface area (Å²) in [6.45, 7) is 2.00. The summed E-state index contributed by atoms with van der Waals surface area (Å²) in [5.74, 6) is 0.428. The van der Waals surface area contributed by atoms with Crippen LogP contribution in [0, 0.1) is 5.92 Å². The minimum atomic E-state index is -0.186. The Labute approximate surface area is 159 Å². The summed E-state index contributed by atoms with van der Waals surface area (Å²) in [4.78, 5) is 30.2. The molecule has 0 unspecified atom stereocenters. The van der Waals surface area contributed by atoms with Crippen LogP contribution in [0.15, 0.2) is 41.5 Å². The number of nitrogens with zero attached hydrogens (tertiary/aromatic N) is 2. The van der Waals surface area contributed by atoms with Gasteiger partial charge in [-0.3, -0.25) is 14.2 Å².